The fraction of sp³-hybridized carbons (Fsp3) is 0.846. The van der Waals surface area contributed by atoms with Crippen LogP contribution >= 0.6 is 11.8 Å². The molecule has 0 aliphatic carbocycles. The minimum atomic E-state index is -0.768. The van der Waals surface area contributed by atoms with Crippen LogP contribution in [0.25, 0.3) is 0 Å². The van der Waals surface area contributed by atoms with Gasteiger partial charge in [-0.1, -0.05) is 0 Å². The molecule has 0 aromatic carbocycles. The van der Waals surface area contributed by atoms with Gasteiger partial charge >= 0.3 is 12.0 Å². The third-order valence-electron chi connectivity index (χ3n) is 3.35. The monoisotopic (exact) mass is 303 g/mol. The average Bonchev–Trinajstić information content (AvgIpc) is 2.45. The van der Waals surface area contributed by atoms with Crippen LogP contribution in [0.4, 0.5) is 4.79 Å². The molecule has 2 N–H and O–H groups in total. The Morgan fingerprint density at radius 3 is 2.50 bits per heavy atom. The van der Waals surface area contributed by atoms with Gasteiger partial charge in [0.15, 0.2) is 0 Å². The predicted octanol–water partition coefficient (Wildman–Crippen LogP) is 0.931. The lowest BCUT2D eigenvalue weighted by Gasteiger charge is -2.34. The molecule has 0 atom stereocenters. The highest BCUT2D eigenvalue weighted by molar-refractivity contribution is 7.98. The van der Waals surface area contributed by atoms with E-state index in [-0.39, 0.29) is 12.5 Å². The van der Waals surface area contributed by atoms with Gasteiger partial charge in [-0.3, -0.25) is 9.69 Å². The summed E-state index contributed by atoms with van der Waals surface area (Å²) in [4.78, 5) is 26.3. The number of carboxylic acid groups (broad SMARTS) is 1. The minimum Gasteiger partial charge on any atom is -0.481 e. The van der Waals surface area contributed by atoms with Crippen LogP contribution in [0.3, 0.4) is 0 Å². The van der Waals surface area contributed by atoms with E-state index in [2.05, 4.69) is 16.5 Å². The molecule has 0 unspecified atom stereocenters. The summed E-state index contributed by atoms with van der Waals surface area (Å²) in [5.41, 5.74) is 0. The molecule has 0 radical (unpaired) electrons. The van der Waals surface area contributed by atoms with Gasteiger partial charge in [0.2, 0.25) is 0 Å². The predicted molar refractivity (Wildman–Crippen MR) is 81.3 cm³/mol. The second kappa shape index (κ2) is 9.88. The fourth-order valence-corrected chi connectivity index (χ4v) is 2.60. The molecule has 1 aliphatic heterocycles. The maximum Gasteiger partial charge on any atom is 0.317 e. The average molecular weight is 303 g/mol. The van der Waals surface area contributed by atoms with Gasteiger partial charge < -0.3 is 15.3 Å². The van der Waals surface area contributed by atoms with Gasteiger partial charge in [0.25, 0.3) is 0 Å². The van der Waals surface area contributed by atoms with Crippen molar-refractivity contribution in [2.24, 2.45) is 0 Å². The van der Waals surface area contributed by atoms with Crippen LogP contribution in [0.15, 0.2) is 0 Å². The molecule has 0 aromatic rings. The normalized spacial score (nSPS) is 16.1. The maximum absolute atomic E-state index is 11.9. The van der Waals surface area contributed by atoms with Crippen LogP contribution in [0.2, 0.25) is 0 Å². The maximum atomic E-state index is 11.9. The molecule has 1 aliphatic rings. The van der Waals surface area contributed by atoms with Crippen molar-refractivity contribution in [3.8, 4) is 0 Å². The van der Waals surface area contributed by atoms with Crippen molar-refractivity contribution in [1.82, 2.24) is 15.1 Å². The zero-order valence-corrected chi connectivity index (χ0v) is 13.0. The van der Waals surface area contributed by atoms with Crippen LogP contribution in [-0.4, -0.2) is 78.2 Å². The smallest absolute Gasteiger partial charge is 0.317 e. The minimum absolute atomic E-state index is 0.00651. The SMILES string of the molecule is CSCCCCNC(=O)N1CCN(CCC(=O)O)CC1. The van der Waals surface area contributed by atoms with Gasteiger partial charge in [0.05, 0.1) is 6.42 Å². The van der Waals surface area contributed by atoms with E-state index in [9.17, 15) is 9.59 Å². The lowest BCUT2D eigenvalue weighted by Crippen LogP contribution is -2.52. The van der Waals surface area contributed by atoms with Crippen molar-refractivity contribution in [2.75, 3.05) is 51.3 Å². The van der Waals surface area contributed by atoms with Gasteiger partial charge in [-0.15, -0.1) is 0 Å². The molecular weight excluding hydrogens is 278 g/mol. The van der Waals surface area contributed by atoms with E-state index in [1.54, 1.807) is 0 Å². The second-order valence-corrected chi connectivity index (χ2v) is 5.89. The number of amides is 2. The number of unbranched alkanes of at least 4 members (excludes halogenated alkanes) is 1. The number of hydrogen-bond donors (Lipinski definition) is 2. The number of rotatable bonds is 8. The van der Waals surface area contributed by atoms with Gasteiger partial charge in [-0.05, 0) is 24.9 Å². The highest BCUT2D eigenvalue weighted by Gasteiger charge is 2.20. The lowest BCUT2D eigenvalue weighted by molar-refractivity contribution is -0.137. The zero-order chi connectivity index (χ0) is 14.8. The number of thioether (sulfide) groups is 1. The molecule has 1 heterocycles. The van der Waals surface area contributed by atoms with Crippen LogP contribution in [-0.2, 0) is 4.79 Å². The molecule has 116 valence electrons. The Labute approximate surface area is 124 Å². The molecule has 1 fully saturated rings. The highest BCUT2D eigenvalue weighted by Crippen LogP contribution is 2.03. The summed E-state index contributed by atoms with van der Waals surface area (Å²) < 4.78 is 0. The number of piperazine rings is 1. The molecule has 0 saturated carbocycles. The summed E-state index contributed by atoms with van der Waals surface area (Å²) >= 11 is 1.82. The van der Waals surface area contributed by atoms with Gasteiger partial charge in [0, 0.05) is 39.3 Å². The number of nitrogens with one attached hydrogen (secondary N) is 1. The Hall–Kier alpha value is -0.950. The third-order valence-corrected chi connectivity index (χ3v) is 4.05. The highest BCUT2D eigenvalue weighted by atomic mass is 32.2. The third kappa shape index (κ3) is 7.00. The lowest BCUT2D eigenvalue weighted by atomic mass is 10.3. The molecule has 6 nitrogen and oxygen atoms in total. The van der Waals surface area contributed by atoms with E-state index in [0.717, 1.165) is 38.2 Å². The summed E-state index contributed by atoms with van der Waals surface area (Å²) in [7, 11) is 0. The molecule has 7 heteroatoms. The van der Waals surface area contributed by atoms with Gasteiger partial charge in [-0.2, -0.15) is 11.8 Å². The summed E-state index contributed by atoms with van der Waals surface area (Å²) in [6, 6.07) is 0.00651. The van der Waals surface area contributed by atoms with E-state index in [0.29, 0.717) is 19.6 Å². The molecule has 0 aromatic heterocycles. The molecule has 2 amide bonds. The number of aliphatic carboxylic acids is 1. The number of urea groups is 1. The van der Waals surface area contributed by atoms with Crippen LogP contribution in [0.1, 0.15) is 19.3 Å². The van der Waals surface area contributed by atoms with Crippen LogP contribution < -0.4 is 5.32 Å². The second-order valence-electron chi connectivity index (χ2n) is 4.90. The van der Waals surface area contributed by atoms with E-state index in [1.165, 1.54) is 0 Å². The molecular formula is C13H25N3O3S. The summed E-state index contributed by atoms with van der Waals surface area (Å²) in [5.74, 6) is 0.369. The van der Waals surface area contributed by atoms with E-state index in [4.69, 9.17) is 5.11 Å². The summed E-state index contributed by atoms with van der Waals surface area (Å²) in [6.07, 6.45) is 4.40. The Balaban J connectivity index is 2.11. The van der Waals surface area contributed by atoms with Gasteiger partial charge in [-0.25, -0.2) is 4.79 Å². The number of carboxylic acids is 1. The quantitative estimate of drug-likeness (QED) is 0.653. The summed E-state index contributed by atoms with van der Waals surface area (Å²) in [5, 5.41) is 11.6. The molecule has 20 heavy (non-hydrogen) atoms. The van der Waals surface area contributed by atoms with Crippen molar-refractivity contribution in [3.63, 3.8) is 0 Å². The first-order chi connectivity index (χ1) is 9.63. The van der Waals surface area contributed by atoms with Crippen molar-refractivity contribution >= 4 is 23.8 Å². The fourth-order valence-electron chi connectivity index (χ4n) is 2.11. The number of carbonyl (C=O) groups excluding carboxylic acids is 1. The van der Waals surface area contributed by atoms with E-state index < -0.39 is 5.97 Å². The Morgan fingerprint density at radius 1 is 1.20 bits per heavy atom. The number of hydrogen-bond acceptors (Lipinski definition) is 4. The van der Waals surface area contributed by atoms with Crippen molar-refractivity contribution in [1.29, 1.82) is 0 Å². The Bertz CT molecular complexity index is 307. The van der Waals surface area contributed by atoms with E-state index in [1.807, 2.05) is 16.7 Å². The Kier molecular flexibility index (Phi) is 8.45. The topological polar surface area (TPSA) is 72.9 Å². The standard InChI is InChI=1S/C13H25N3O3S/c1-20-11-3-2-5-14-13(19)16-9-7-15(8-10-16)6-4-12(17)18/h2-11H2,1H3,(H,14,19)(H,17,18). The van der Waals surface area contributed by atoms with Gasteiger partial charge in [0.1, 0.15) is 0 Å². The van der Waals surface area contributed by atoms with E-state index >= 15 is 0 Å². The van der Waals surface area contributed by atoms with Crippen LogP contribution in [0, 0.1) is 0 Å². The largest absolute Gasteiger partial charge is 0.481 e. The first-order valence-electron chi connectivity index (χ1n) is 7.09. The number of nitrogens with zero attached hydrogens (tertiary/aromatic N) is 2. The summed E-state index contributed by atoms with van der Waals surface area (Å²) in [6.45, 7) is 4.17. The molecule has 1 saturated heterocycles. The van der Waals surface area contributed by atoms with Crippen LogP contribution in [0.5, 0.6) is 0 Å². The molecule has 0 spiro atoms. The molecule has 0 bridgehead atoms. The first-order valence-corrected chi connectivity index (χ1v) is 8.48. The number of carbonyl (C=O) groups is 2. The zero-order valence-electron chi connectivity index (χ0n) is 12.1. The Morgan fingerprint density at radius 2 is 1.90 bits per heavy atom. The molecule has 1 rings (SSSR count). The van der Waals surface area contributed by atoms with Crippen molar-refractivity contribution in [2.45, 2.75) is 19.3 Å². The van der Waals surface area contributed by atoms with Crippen molar-refractivity contribution < 1.29 is 14.7 Å². The van der Waals surface area contributed by atoms with Crippen molar-refractivity contribution in [3.05, 3.63) is 0 Å². The first kappa shape index (κ1) is 17.1.